The molecule has 4 N–H and O–H groups in total. The van der Waals surface area contributed by atoms with Crippen LogP contribution in [-0.2, 0) is 16.0 Å². The highest BCUT2D eigenvalue weighted by atomic mass is 16.5. The Bertz CT molecular complexity index is 1310. The Morgan fingerprint density at radius 1 is 1.05 bits per heavy atom. The van der Waals surface area contributed by atoms with E-state index in [1.165, 1.54) is 6.33 Å². The average molecular weight is 500 g/mol. The summed E-state index contributed by atoms with van der Waals surface area (Å²) in [6, 6.07) is 17.2. The van der Waals surface area contributed by atoms with Crippen LogP contribution in [0.15, 0.2) is 67.1 Å². The van der Waals surface area contributed by atoms with E-state index in [-0.39, 0.29) is 24.5 Å². The van der Waals surface area contributed by atoms with Gasteiger partial charge in [0.25, 0.3) is 11.8 Å². The number of aromatic nitrogens is 2. The molecule has 1 aromatic heterocycles. The summed E-state index contributed by atoms with van der Waals surface area (Å²) >= 11 is 0. The summed E-state index contributed by atoms with van der Waals surface area (Å²) < 4.78 is 5.77. The zero-order chi connectivity index (χ0) is 25.6. The van der Waals surface area contributed by atoms with Gasteiger partial charge in [-0.2, -0.15) is 0 Å². The van der Waals surface area contributed by atoms with Crippen LogP contribution in [0, 0.1) is 0 Å². The third-order valence-corrected chi connectivity index (χ3v) is 6.19. The molecule has 10 heteroatoms. The van der Waals surface area contributed by atoms with Gasteiger partial charge >= 0.3 is 0 Å². The van der Waals surface area contributed by atoms with Crippen LogP contribution in [-0.4, -0.2) is 66.0 Å². The summed E-state index contributed by atoms with van der Waals surface area (Å²) in [6.07, 6.45) is 3.76. The number of benzene rings is 2. The molecule has 2 amide bonds. The molecule has 3 heterocycles. The van der Waals surface area contributed by atoms with Crippen LogP contribution >= 0.6 is 0 Å². The lowest BCUT2D eigenvalue weighted by molar-refractivity contribution is -0.124. The van der Waals surface area contributed by atoms with E-state index in [9.17, 15) is 9.59 Å². The molecule has 0 saturated carbocycles. The Balaban J connectivity index is 1.41. The molecule has 5 rings (SSSR count). The monoisotopic (exact) mass is 499 g/mol. The second-order valence-electron chi connectivity index (χ2n) is 9.06. The Hall–Kier alpha value is -4.44. The molecule has 10 nitrogen and oxygen atoms in total. The van der Waals surface area contributed by atoms with Crippen molar-refractivity contribution in [1.82, 2.24) is 20.2 Å². The molecule has 2 aliphatic heterocycles. The van der Waals surface area contributed by atoms with Crippen molar-refractivity contribution in [3.8, 4) is 5.75 Å². The topological polar surface area (TPSA) is 121 Å². The Kier molecular flexibility index (Phi) is 7.27. The lowest BCUT2D eigenvalue weighted by Gasteiger charge is -2.25. The van der Waals surface area contributed by atoms with Crippen molar-refractivity contribution >= 4 is 34.7 Å². The fraction of sp³-hybridized carbons (Fsp3) is 0.259. The van der Waals surface area contributed by atoms with E-state index >= 15 is 0 Å². The zero-order valence-electron chi connectivity index (χ0n) is 20.5. The molecule has 190 valence electrons. The third-order valence-electron chi connectivity index (χ3n) is 6.19. The number of anilines is 3. The summed E-state index contributed by atoms with van der Waals surface area (Å²) in [7, 11) is 2.01. The number of rotatable bonds is 2. The number of nitrogens with one attached hydrogen (secondary N) is 4. The maximum absolute atomic E-state index is 12.8. The smallest absolute Gasteiger partial charge is 0.259 e. The van der Waals surface area contributed by atoms with Gasteiger partial charge in [-0.1, -0.05) is 36.4 Å². The number of carbonyl (C=O) groups excluding carboxylic acids is 2. The Labute approximate surface area is 215 Å². The molecule has 0 saturated heterocycles. The molecule has 1 atom stereocenters. The van der Waals surface area contributed by atoms with Crippen molar-refractivity contribution in [3.63, 3.8) is 0 Å². The standard InChI is InChI=1S/C27H29N7O3/c1-34-11-10-28-25-24-22(27(36)33-26(24)31-17-30-25)14-29-19-8-5-9-21(13-19)37-16-23(35)32-20(15-34)12-18-6-3-2-4-7-18/h2-9,13-14,17,20,29H,10-12,15-16H2,1H3,(H,32,35)(H2,28,30,31,33,36)/b22-14-/t20-/m1/s1. The van der Waals surface area contributed by atoms with E-state index in [1.54, 1.807) is 18.3 Å². The second kappa shape index (κ2) is 11.1. The number of ether oxygens (including phenoxy) is 1. The van der Waals surface area contributed by atoms with Gasteiger partial charge in [-0.3, -0.25) is 9.59 Å². The van der Waals surface area contributed by atoms with Gasteiger partial charge in [0.1, 0.15) is 23.7 Å². The van der Waals surface area contributed by atoms with Gasteiger partial charge in [-0.05, 0) is 31.2 Å². The van der Waals surface area contributed by atoms with Crippen molar-refractivity contribution in [2.24, 2.45) is 0 Å². The molecule has 3 aromatic rings. The van der Waals surface area contributed by atoms with Crippen LogP contribution in [0.3, 0.4) is 0 Å². The van der Waals surface area contributed by atoms with E-state index in [2.05, 4.69) is 48.3 Å². The first kappa shape index (κ1) is 24.3. The quantitative estimate of drug-likeness (QED) is 0.424. The molecule has 0 fully saturated rings. The first-order chi connectivity index (χ1) is 18.0. The lowest BCUT2D eigenvalue weighted by atomic mass is 10.1. The van der Waals surface area contributed by atoms with Gasteiger partial charge in [0, 0.05) is 43.6 Å². The largest absolute Gasteiger partial charge is 0.484 e. The number of likely N-dealkylation sites (N-methyl/N-ethyl adjacent to an activating group) is 1. The molecule has 0 unspecified atom stereocenters. The highest BCUT2D eigenvalue weighted by Gasteiger charge is 2.29. The predicted molar refractivity (Wildman–Crippen MR) is 142 cm³/mol. The van der Waals surface area contributed by atoms with E-state index in [4.69, 9.17) is 4.74 Å². The van der Waals surface area contributed by atoms with E-state index in [0.29, 0.717) is 60.3 Å². The second-order valence-corrected chi connectivity index (χ2v) is 9.06. The first-order valence-corrected chi connectivity index (χ1v) is 12.2. The SMILES string of the molecule is CN1CCNc2ncnc3c2/C(=C/Nc2cccc(c2)OCC(=O)N[C@H](Cc2ccccc2)C1)C(=O)N3. The van der Waals surface area contributed by atoms with Gasteiger partial charge in [-0.25, -0.2) is 9.97 Å². The summed E-state index contributed by atoms with van der Waals surface area (Å²) in [4.78, 5) is 36.2. The minimum atomic E-state index is -0.259. The zero-order valence-corrected chi connectivity index (χ0v) is 20.5. The van der Waals surface area contributed by atoms with E-state index in [1.807, 2.05) is 37.4 Å². The number of fused-ring (bicyclic) bond motifs is 2. The molecular weight excluding hydrogens is 470 g/mol. The van der Waals surface area contributed by atoms with Crippen LogP contribution in [0.25, 0.3) is 5.57 Å². The Morgan fingerprint density at radius 2 is 1.89 bits per heavy atom. The number of hydrogen-bond donors (Lipinski definition) is 4. The van der Waals surface area contributed by atoms with Gasteiger partial charge in [0.15, 0.2) is 6.61 Å². The highest BCUT2D eigenvalue weighted by Crippen LogP contribution is 2.34. The summed E-state index contributed by atoms with van der Waals surface area (Å²) in [5.74, 6) is 1.15. The minimum absolute atomic E-state index is 0.0996. The maximum atomic E-state index is 12.8. The van der Waals surface area contributed by atoms with Crippen molar-refractivity contribution in [3.05, 3.63) is 78.3 Å². The van der Waals surface area contributed by atoms with E-state index in [0.717, 1.165) is 5.56 Å². The number of carbonyl (C=O) groups is 2. The molecular formula is C27H29N7O3. The summed E-state index contributed by atoms with van der Waals surface area (Å²) in [5.41, 5.74) is 2.92. The first-order valence-electron chi connectivity index (χ1n) is 12.2. The average Bonchev–Trinajstić information content (AvgIpc) is 3.22. The highest BCUT2D eigenvalue weighted by molar-refractivity contribution is 6.32. The minimum Gasteiger partial charge on any atom is -0.484 e. The Morgan fingerprint density at radius 3 is 2.76 bits per heavy atom. The van der Waals surface area contributed by atoms with E-state index < -0.39 is 0 Å². The molecule has 2 aromatic carbocycles. The third kappa shape index (κ3) is 6.04. The lowest BCUT2D eigenvalue weighted by Crippen LogP contribution is -2.46. The van der Waals surface area contributed by atoms with Crippen LogP contribution in [0.2, 0.25) is 0 Å². The van der Waals surface area contributed by atoms with Gasteiger partial charge in [-0.15, -0.1) is 0 Å². The number of nitrogens with zero attached hydrogens (tertiary/aromatic N) is 3. The van der Waals surface area contributed by atoms with Gasteiger partial charge < -0.3 is 30.9 Å². The molecule has 37 heavy (non-hydrogen) atoms. The van der Waals surface area contributed by atoms with Crippen molar-refractivity contribution in [1.29, 1.82) is 0 Å². The van der Waals surface area contributed by atoms with Crippen LogP contribution in [0.5, 0.6) is 5.75 Å². The van der Waals surface area contributed by atoms with Crippen LogP contribution in [0.1, 0.15) is 11.1 Å². The number of hydrogen-bond acceptors (Lipinski definition) is 8. The molecule has 2 bridgehead atoms. The van der Waals surface area contributed by atoms with Crippen LogP contribution in [0.4, 0.5) is 17.3 Å². The summed E-state index contributed by atoms with van der Waals surface area (Å²) in [5, 5.41) is 12.4. The summed E-state index contributed by atoms with van der Waals surface area (Å²) in [6.45, 7) is 1.83. The molecule has 0 aliphatic carbocycles. The molecule has 2 aliphatic rings. The maximum Gasteiger partial charge on any atom is 0.259 e. The van der Waals surface area contributed by atoms with Crippen molar-refractivity contribution < 1.29 is 14.3 Å². The van der Waals surface area contributed by atoms with Crippen LogP contribution < -0.4 is 26.0 Å². The fourth-order valence-electron chi connectivity index (χ4n) is 4.44. The fourth-order valence-corrected chi connectivity index (χ4v) is 4.44. The van der Waals surface area contributed by atoms with Gasteiger partial charge in [0.2, 0.25) is 0 Å². The molecule has 0 spiro atoms. The predicted octanol–water partition coefficient (Wildman–Crippen LogP) is 2.35. The van der Waals surface area contributed by atoms with Gasteiger partial charge in [0.05, 0.1) is 11.1 Å². The van der Waals surface area contributed by atoms with Crippen molar-refractivity contribution in [2.75, 3.05) is 49.2 Å². The molecule has 0 radical (unpaired) electrons. The normalized spacial score (nSPS) is 19.9. The van der Waals surface area contributed by atoms with Crippen molar-refractivity contribution in [2.45, 2.75) is 12.5 Å². The number of amides is 2.